The topological polar surface area (TPSA) is 48.1 Å². The van der Waals surface area contributed by atoms with Gasteiger partial charge in [-0.05, 0) is 55.5 Å². The van der Waals surface area contributed by atoms with Gasteiger partial charge in [0.2, 0.25) is 0 Å². The van der Waals surface area contributed by atoms with Crippen molar-refractivity contribution >= 4 is 23.1 Å². The third-order valence-corrected chi connectivity index (χ3v) is 4.71. The Kier molecular flexibility index (Phi) is 6.06. The van der Waals surface area contributed by atoms with Crippen LogP contribution >= 0.6 is 0 Å². The number of hydrogen-bond acceptors (Lipinski definition) is 4. The highest BCUT2D eigenvalue weighted by Gasteiger charge is 2.21. The molecular weight excluding hydrogens is 340 g/mol. The van der Waals surface area contributed by atoms with Crippen LogP contribution < -0.4 is 19.9 Å². The number of carbonyl (C=O) groups excluding carboxylic acids is 1. The van der Waals surface area contributed by atoms with Crippen molar-refractivity contribution in [1.29, 1.82) is 0 Å². The minimum absolute atomic E-state index is 0.0539. The van der Waals surface area contributed by atoms with Crippen molar-refractivity contribution in [3.8, 4) is 5.75 Å². The Balaban J connectivity index is 1.51. The Morgan fingerprint density at radius 3 is 2.19 bits per heavy atom. The van der Waals surface area contributed by atoms with Crippen molar-refractivity contribution in [2.45, 2.75) is 6.92 Å². The summed E-state index contributed by atoms with van der Waals surface area (Å²) < 4.78 is 5.43. The van der Waals surface area contributed by atoms with Gasteiger partial charge in [0, 0.05) is 57.3 Å². The summed E-state index contributed by atoms with van der Waals surface area (Å²) in [6, 6.07) is 16.0. The Hall–Kier alpha value is -2.89. The van der Waals surface area contributed by atoms with Gasteiger partial charge in [-0.25, -0.2) is 4.79 Å². The average Bonchev–Trinajstić information content (AvgIpc) is 2.70. The molecule has 1 aliphatic rings. The maximum Gasteiger partial charge on any atom is 0.321 e. The van der Waals surface area contributed by atoms with Crippen LogP contribution in [0.2, 0.25) is 0 Å². The lowest BCUT2D eigenvalue weighted by Gasteiger charge is -2.36. The first-order chi connectivity index (χ1) is 13.1. The van der Waals surface area contributed by atoms with E-state index in [0.717, 1.165) is 24.5 Å². The molecular formula is C21H28N4O2. The number of amides is 2. The molecule has 0 spiro atoms. The molecule has 0 bridgehead atoms. The summed E-state index contributed by atoms with van der Waals surface area (Å²) in [4.78, 5) is 18.8. The van der Waals surface area contributed by atoms with Gasteiger partial charge in [0.15, 0.2) is 0 Å². The monoisotopic (exact) mass is 368 g/mol. The van der Waals surface area contributed by atoms with Gasteiger partial charge in [0.25, 0.3) is 0 Å². The molecule has 0 saturated carbocycles. The quantitative estimate of drug-likeness (QED) is 0.877. The fourth-order valence-electron chi connectivity index (χ4n) is 3.13. The Labute approximate surface area is 161 Å². The van der Waals surface area contributed by atoms with Gasteiger partial charge in [0.1, 0.15) is 5.75 Å². The number of rotatable bonds is 5. The van der Waals surface area contributed by atoms with Gasteiger partial charge in [0.05, 0.1) is 6.61 Å². The lowest BCUT2D eigenvalue weighted by Crippen LogP contribution is -2.50. The van der Waals surface area contributed by atoms with Crippen LogP contribution in [0.25, 0.3) is 0 Å². The normalized spacial score (nSPS) is 14.0. The highest BCUT2D eigenvalue weighted by atomic mass is 16.5. The molecule has 0 aliphatic carbocycles. The molecule has 27 heavy (non-hydrogen) atoms. The molecule has 1 aliphatic heterocycles. The molecule has 1 N–H and O–H groups in total. The molecule has 1 saturated heterocycles. The van der Waals surface area contributed by atoms with E-state index in [9.17, 15) is 4.79 Å². The molecule has 1 fully saturated rings. The fourth-order valence-corrected chi connectivity index (χ4v) is 3.13. The standard InChI is InChI=1S/C21H28N4O2/c1-4-27-20-11-5-17(6-12-20)22-21(26)25-15-13-24(14-16-25)19-9-7-18(8-10-19)23(2)3/h5-12H,4,13-16H2,1-3H3,(H,22,26). The second kappa shape index (κ2) is 8.66. The van der Waals surface area contributed by atoms with Crippen molar-refractivity contribution in [2.24, 2.45) is 0 Å². The predicted octanol–water partition coefficient (Wildman–Crippen LogP) is 3.51. The Bertz CT molecular complexity index is 736. The molecule has 1 heterocycles. The van der Waals surface area contributed by atoms with E-state index in [4.69, 9.17) is 4.74 Å². The first kappa shape index (κ1) is 18.9. The zero-order valence-corrected chi connectivity index (χ0v) is 16.3. The van der Waals surface area contributed by atoms with E-state index in [2.05, 4.69) is 39.4 Å². The first-order valence-corrected chi connectivity index (χ1v) is 9.38. The van der Waals surface area contributed by atoms with Crippen LogP contribution in [0.1, 0.15) is 6.92 Å². The van der Waals surface area contributed by atoms with Gasteiger partial charge in [-0.3, -0.25) is 0 Å². The minimum Gasteiger partial charge on any atom is -0.494 e. The van der Waals surface area contributed by atoms with Crippen molar-refractivity contribution in [3.63, 3.8) is 0 Å². The van der Waals surface area contributed by atoms with Gasteiger partial charge in [-0.1, -0.05) is 0 Å². The summed E-state index contributed by atoms with van der Waals surface area (Å²) in [5.74, 6) is 0.810. The molecule has 2 aromatic rings. The molecule has 6 nitrogen and oxygen atoms in total. The van der Waals surface area contributed by atoms with Crippen molar-refractivity contribution in [3.05, 3.63) is 48.5 Å². The van der Waals surface area contributed by atoms with E-state index in [1.165, 1.54) is 11.4 Å². The third kappa shape index (κ3) is 4.84. The van der Waals surface area contributed by atoms with Crippen LogP contribution in [0.5, 0.6) is 5.75 Å². The van der Waals surface area contributed by atoms with Gasteiger partial charge < -0.3 is 24.8 Å². The van der Waals surface area contributed by atoms with Gasteiger partial charge >= 0.3 is 6.03 Å². The molecule has 6 heteroatoms. The molecule has 0 atom stereocenters. The zero-order chi connectivity index (χ0) is 19.2. The van der Waals surface area contributed by atoms with Crippen molar-refractivity contribution < 1.29 is 9.53 Å². The summed E-state index contributed by atoms with van der Waals surface area (Å²) >= 11 is 0. The molecule has 144 valence electrons. The average molecular weight is 368 g/mol. The number of nitrogens with zero attached hydrogens (tertiary/aromatic N) is 3. The summed E-state index contributed by atoms with van der Waals surface area (Å²) in [6.07, 6.45) is 0. The van der Waals surface area contributed by atoms with Crippen LogP contribution in [0.4, 0.5) is 21.9 Å². The Morgan fingerprint density at radius 1 is 1.00 bits per heavy atom. The molecule has 3 rings (SSSR count). The SMILES string of the molecule is CCOc1ccc(NC(=O)N2CCN(c3ccc(N(C)C)cc3)CC2)cc1. The number of piperazine rings is 1. The molecule has 2 aromatic carbocycles. The number of carbonyl (C=O) groups is 1. The molecule has 0 aromatic heterocycles. The second-order valence-corrected chi connectivity index (χ2v) is 6.77. The first-order valence-electron chi connectivity index (χ1n) is 9.38. The number of hydrogen-bond donors (Lipinski definition) is 1. The smallest absolute Gasteiger partial charge is 0.321 e. The summed E-state index contributed by atoms with van der Waals surface area (Å²) in [5, 5.41) is 2.96. The van der Waals surface area contributed by atoms with Crippen molar-refractivity contribution in [1.82, 2.24) is 4.90 Å². The molecule has 0 unspecified atom stereocenters. The lowest BCUT2D eigenvalue weighted by molar-refractivity contribution is 0.208. The molecule has 2 amide bonds. The maximum atomic E-state index is 12.5. The number of urea groups is 1. The van der Waals surface area contributed by atoms with Crippen LogP contribution in [-0.4, -0.2) is 57.8 Å². The maximum absolute atomic E-state index is 12.5. The summed E-state index contributed by atoms with van der Waals surface area (Å²) in [7, 11) is 4.08. The predicted molar refractivity (Wildman–Crippen MR) is 111 cm³/mol. The largest absolute Gasteiger partial charge is 0.494 e. The number of benzene rings is 2. The van der Waals surface area contributed by atoms with E-state index in [1.807, 2.05) is 50.2 Å². The summed E-state index contributed by atoms with van der Waals surface area (Å²) in [6.45, 7) is 5.66. The van der Waals surface area contributed by atoms with E-state index in [0.29, 0.717) is 19.7 Å². The van der Waals surface area contributed by atoms with Gasteiger partial charge in [-0.15, -0.1) is 0 Å². The van der Waals surface area contributed by atoms with E-state index in [-0.39, 0.29) is 6.03 Å². The van der Waals surface area contributed by atoms with Crippen molar-refractivity contribution in [2.75, 3.05) is 62.0 Å². The lowest BCUT2D eigenvalue weighted by atomic mass is 10.2. The highest BCUT2D eigenvalue weighted by molar-refractivity contribution is 5.89. The Morgan fingerprint density at radius 2 is 1.63 bits per heavy atom. The number of ether oxygens (including phenoxy) is 1. The molecule has 0 radical (unpaired) electrons. The minimum atomic E-state index is -0.0539. The van der Waals surface area contributed by atoms with E-state index in [1.54, 1.807) is 0 Å². The van der Waals surface area contributed by atoms with Crippen LogP contribution in [0, 0.1) is 0 Å². The van der Waals surface area contributed by atoms with Crippen LogP contribution in [0.15, 0.2) is 48.5 Å². The second-order valence-electron chi connectivity index (χ2n) is 6.77. The fraction of sp³-hybridized carbons (Fsp3) is 0.381. The van der Waals surface area contributed by atoms with E-state index >= 15 is 0 Å². The number of anilines is 3. The number of nitrogens with one attached hydrogen (secondary N) is 1. The third-order valence-electron chi connectivity index (χ3n) is 4.71. The van der Waals surface area contributed by atoms with Crippen LogP contribution in [0.3, 0.4) is 0 Å². The van der Waals surface area contributed by atoms with Gasteiger partial charge in [-0.2, -0.15) is 0 Å². The zero-order valence-electron chi connectivity index (χ0n) is 16.3. The summed E-state index contributed by atoms with van der Waals surface area (Å²) in [5.41, 5.74) is 3.17. The van der Waals surface area contributed by atoms with E-state index < -0.39 is 0 Å². The van der Waals surface area contributed by atoms with Crippen LogP contribution in [-0.2, 0) is 0 Å². The highest BCUT2D eigenvalue weighted by Crippen LogP contribution is 2.21.